The number of benzene rings is 2. The first-order chi connectivity index (χ1) is 9.16. The van der Waals surface area contributed by atoms with Crippen LogP contribution in [0.15, 0.2) is 48.5 Å². The highest BCUT2D eigenvalue weighted by Gasteiger charge is 2.06. The van der Waals surface area contributed by atoms with Crippen LogP contribution in [-0.4, -0.2) is 9.96 Å². The van der Waals surface area contributed by atoms with E-state index in [2.05, 4.69) is 0 Å². The van der Waals surface area contributed by atoms with Crippen molar-refractivity contribution in [3.05, 3.63) is 64.7 Å². The van der Waals surface area contributed by atoms with Crippen molar-refractivity contribution in [2.24, 2.45) is 0 Å². The molecule has 0 radical (unpaired) electrons. The van der Waals surface area contributed by atoms with Crippen molar-refractivity contribution >= 4 is 28.1 Å². The van der Waals surface area contributed by atoms with Gasteiger partial charge in [-0.2, -0.15) is 0 Å². The van der Waals surface area contributed by atoms with E-state index in [0.717, 1.165) is 23.2 Å². The Labute approximate surface area is 121 Å². The molecule has 0 aromatic heterocycles. The van der Waals surface area contributed by atoms with Crippen molar-refractivity contribution < 1.29 is 4.21 Å². The number of anilines is 1. The molecular weight excluding hydrogens is 278 g/mol. The molecule has 2 nitrogen and oxygen atoms in total. The van der Waals surface area contributed by atoms with E-state index in [4.69, 9.17) is 17.3 Å². The van der Waals surface area contributed by atoms with Gasteiger partial charge in [0.1, 0.15) is 0 Å². The molecule has 2 aromatic carbocycles. The van der Waals surface area contributed by atoms with Crippen LogP contribution in [0.3, 0.4) is 0 Å². The van der Waals surface area contributed by atoms with Gasteiger partial charge in [-0.1, -0.05) is 48.0 Å². The molecule has 0 aliphatic rings. The maximum absolute atomic E-state index is 12.1. The molecule has 0 spiro atoms. The minimum Gasteiger partial charge on any atom is -0.399 e. The van der Waals surface area contributed by atoms with Crippen LogP contribution in [0.25, 0.3) is 0 Å². The zero-order valence-corrected chi connectivity index (χ0v) is 12.1. The molecule has 0 amide bonds. The van der Waals surface area contributed by atoms with E-state index < -0.39 is 10.8 Å². The summed E-state index contributed by atoms with van der Waals surface area (Å²) in [5, 5.41) is 0.676. The SMILES string of the molecule is Nc1ccccc1CCS(=O)Cc1ccccc1Cl. The summed E-state index contributed by atoms with van der Waals surface area (Å²) in [6.45, 7) is 0. The average Bonchev–Trinajstić information content (AvgIpc) is 2.40. The first-order valence-electron chi connectivity index (χ1n) is 6.08. The number of aryl methyl sites for hydroxylation is 1. The first kappa shape index (κ1) is 14.1. The Balaban J connectivity index is 1.92. The number of hydrogen-bond donors (Lipinski definition) is 1. The minimum absolute atomic E-state index is 0.492. The van der Waals surface area contributed by atoms with E-state index in [1.165, 1.54) is 0 Å². The van der Waals surface area contributed by atoms with Gasteiger partial charge >= 0.3 is 0 Å². The fraction of sp³-hybridized carbons (Fsp3) is 0.200. The van der Waals surface area contributed by atoms with Gasteiger partial charge in [0.2, 0.25) is 0 Å². The molecule has 1 unspecified atom stereocenters. The summed E-state index contributed by atoms with van der Waals surface area (Å²) in [7, 11) is -0.930. The Morgan fingerprint density at radius 1 is 1.00 bits per heavy atom. The topological polar surface area (TPSA) is 43.1 Å². The second-order valence-corrected chi connectivity index (χ2v) is 6.31. The van der Waals surface area contributed by atoms with Gasteiger partial charge in [0.25, 0.3) is 0 Å². The zero-order valence-electron chi connectivity index (χ0n) is 10.5. The largest absolute Gasteiger partial charge is 0.399 e. The number of hydrogen-bond acceptors (Lipinski definition) is 2. The smallest absolute Gasteiger partial charge is 0.0500 e. The molecule has 2 N–H and O–H groups in total. The summed E-state index contributed by atoms with van der Waals surface area (Å²) in [5.74, 6) is 1.09. The van der Waals surface area contributed by atoms with Crippen molar-refractivity contribution in [1.82, 2.24) is 0 Å². The van der Waals surface area contributed by atoms with Crippen molar-refractivity contribution in [1.29, 1.82) is 0 Å². The van der Waals surface area contributed by atoms with Gasteiger partial charge in [-0.3, -0.25) is 4.21 Å². The molecule has 4 heteroatoms. The van der Waals surface area contributed by atoms with Gasteiger partial charge in [0.15, 0.2) is 0 Å². The highest BCUT2D eigenvalue weighted by Crippen LogP contribution is 2.17. The van der Waals surface area contributed by atoms with Crippen LogP contribution in [-0.2, 0) is 23.0 Å². The Morgan fingerprint density at radius 2 is 1.63 bits per heavy atom. The molecule has 2 rings (SSSR count). The lowest BCUT2D eigenvalue weighted by Crippen LogP contribution is -2.05. The van der Waals surface area contributed by atoms with Gasteiger partial charge in [-0.15, -0.1) is 0 Å². The second-order valence-electron chi connectivity index (χ2n) is 4.33. The number of nitrogens with two attached hydrogens (primary N) is 1. The highest BCUT2D eigenvalue weighted by atomic mass is 35.5. The van der Waals surface area contributed by atoms with Crippen molar-refractivity contribution in [2.75, 3.05) is 11.5 Å². The summed E-state index contributed by atoms with van der Waals surface area (Å²) in [4.78, 5) is 0. The van der Waals surface area contributed by atoms with Crippen LogP contribution in [0.5, 0.6) is 0 Å². The normalized spacial score (nSPS) is 12.3. The van der Waals surface area contributed by atoms with Crippen LogP contribution in [0.2, 0.25) is 5.02 Å². The molecule has 0 heterocycles. The lowest BCUT2D eigenvalue weighted by molar-refractivity contribution is 0.682. The van der Waals surface area contributed by atoms with Crippen molar-refractivity contribution in [3.8, 4) is 0 Å². The summed E-state index contributed by atoms with van der Waals surface area (Å²) >= 11 is 6.06. The number of nitrogen functional groups attached to an aromatic ring is 1. The first-order valence-corrected chi connectivity index (χ1v) is 7.95. The zero-order chi connectivity index (χ0) is 13.7. The molecule has 0 saturated heterocycles. The molecule has 0 aliphatic carbocycles. The predicted molar refractivity (Wildman–Crippen MR) is 82.7 cm³/mol. The Kier molecular flexibility index (Phi) is 5.00. The van der Waals surface area contributed by atoms with Gasteiger partial charge in [0.05, 0.1) is 5.75 Å². The third kappa shape index (κ3) is 4.08. The molecule has 1 atom stereocenters. The minimum atomic E-state index is -0.930. The Bertz CT molecular complexity index is 586. The quantitative estimate of drug-likeness (QED) is 0.859. The lowest BCUT2D eigenvalue weighted by atomic mass is 10.1. The average molecular weight is 294 g/mol. The standard InChI is InChI=1S/C15H16ClNOS/c16-14-7-3-1-6-13(14)11-19(18)10-9-12-5-2-4-8-15(12)17/h1-8H,9-11,17H2. The van der Waals surface area contributed by atoms with Gasteiger partial charge in [-0.05, 0) is 29.7 Å². The van der Waals surface area contributed by atoms with Gasteiger partial charge in [-0.25, -0.2) is 0 Å². The Morgan fingerprint density at radius 3 is 2.32 bits per heavy atom. The lowest BCUT2D eigenvalue weighted by Gasteiger charge is -2.06. The maximum Gasteiger partial charge on any atom is 0.0500 e. The third-order valence-corrected chi connectivity index (χ3v) is 4.59. The Hall–Kier alpha value is -1.32. The van der Waals surface area contributed by atoms with Crippen LogP contribution in [0.4, 0.5) is 5.69 Å². The van der Waals surface area contributed by atoms with E-state index >= 15 is 0 Å². The van der Waals surface area contributed by atoms with Gasteiger partial charge in [0, 0.05) is 27.3 Å². The van der Waals surface area contributed by atoms with Crippen molar-refractivity contribution in [3.63, 3.8) is 0 Å². The molecule has 2 aromatic rings. The van der Waals surface area contributed by atoms with E-state index in [1.54, 1.807) is 0 Å². The molecule has 19 heavy (non-hydrogen) atoms. The number of para-hydroxylation sites is 1. The predicted octanol–water partition coefficient (Wildman–Crippen LogP) is 3.41. The van der Waals surface area contributed by atoms with Crippen LogP contribution in [0.1, 0.15) is 11.1 Å². The fourth-order valence-electron chi connectivity index (χ4n) is 1.85. The summed E-state index contributed by atoms with van der Waals surface area (Å²) in [6.07, 6.45) is 0.726. The van der Waals surface area contributed by atoms with E-state index in [-0.39, 0.29) is 0 Å². The van der Waals surface area contributed by atoms with Crippen molar-refractivity contribution in [2.45, 2.75) is 12.2 Å². The highest BCUT2D eigenvalue weighted by molar-refractivity contribution is 7.84. The van der Waals surface area contributed by atoms with E-state index in [1.807, 2.05) is 48.5 Å². The molecule has 100 valence electrons. The number of rotatable bonds is 5. The summed E-state index contributed by atoms with van der Waals surface area (Å²) < 4.78 is 12.1. The second kappa shape index (κ2) is 6.73. The molecule has 0 fully saturated rings. The van der Waals surface area contributed by atoms with Crippen LogP contribution in [0, 0.1) is 0 Å². The molecule has 0 bridgehead atoms. The maximum atomic E-state index is 12.1. The van der Waals surface area contributed by atoms with Gasteiger partial charge < -0.3 is 5.73 Å². The van der Waals surface area contributed by atoms with Crippen LogP contribution >= 0.6 is 11.6 Å². The van der Waals surface area contributed by atoms with E-state index in [9.17, 15) is 4.21 Å². The summed E-state index contributed by atoms with van der Waals surface area (Å²) in [5.41, 5.74) is 8.61. The molecular formula is C15H16ClNOS. The fourth-order valence-corrected chi connectivity index (χ4v) is 3.32. The monoisotopic (exact) mass is 293 g/mol. The number of halogens is 1. The summed E-state index contributed by atoms with van der Waals surface area (Å²) in [6, 6.07) is 15.2. The van der Waals surface area contributed by atoms with E-state index in [0.29, 0.717) is 16.5 Å². The molecule has 0 aliphatic heterocycles. The van der Waals surface area contributed by atoms with Crippen LogP contribution < -0.4 is 5.73 Å². The third-order valence-electron chi connectivity index (χ3n) is 2.93. The molecule has 0 saturated carbocycles.